The monoisotopic (exact) mass is 419 g/mol. The molecule has 166 valence electrons. The standard InChI is InChI=1S/C23H33NO6/c1-19(2)23(28)30-18-6-4-3-5-17-29-21-10-7-20(8-11-21)9-12-22(27)24(13-15-25)14-16-26/h7-12,25-26H,1,3-6,13-18H2,2H3/b12-9+. The molecule has 1 rings (SSSR count). The molecule has 0 aliphatic rings. The predicted octanol–water partition coefficient (Wildman–Crippen LogP) is 2.57. The van der Waals surface area contributed by atoms with Gasteiger partial charge in [-0.05, 0) is 56.4 Å². The molecule has 0 saturated carbocycles. The zero-order chi connectivity index (χ0) is 22.2. The number of rotatable bonds is 15. The minimum atomic E-state index is -0.339. The number of carbonyl (C=O) groups is 2. The minimum absolute atomic E-state index is 0.145. The van der Waals surface area contributed by atoms with Gasteiger partial charge in [0.1, 0.15) is 5.75 Å². The topological polar surface area (TPSA) is 96.3 Å². The fourth-order valence-electron chi connectivity index (χ4n) is 2.56. The number of benzene rings is 1. The molecule has 0 aliphatic heterocycles. The van der Waals surface area contributed by atoms with E-state index in [2.05, 4.69) is 6.58 Å². The first kappa shape index (κ1) is 25.4. The van der Waals surface area contributed by atoms with E-state index >= 15 is 0 Å². The molecule has 0 radical (unpaired) electrons. The third kappa shape index (κ3) is 10.8. The van der Waals surface area contributed by atoms with Gasteiger partial charge in [-0.3, -0.25) is 4.79 Å². The van der Waals surface area contributed by atoms with Crippen molar-refractivity contribution >= 4 is 18.0 Å². The number of ether oxygens (including phenoxy) is 2. The SMILES string of the molecule is C=C(C)C(=O)OCCCCCCOc1ccc(/C=C/C(=O)N(CCO)CCO)cc1. The minimum Gasteiger partial charge on any atom is -0.494 e. The Hall–Kier alpha value is -2.64. The van der Waals surface area contributed by atoms with Crippen molar-refractivity contribution < 1.29 is 29.3 Å². The van der Waals surface area contributed by atoms with E-state index in [1.807, 2.05) is 24.3 Å². The molecular weight excluding hydrogens is 386 g/mol. The van der Waals surface area contributed by atoms with Crippen LogP contribution in [0.3, 0.4) is 0 Å². The quantitative estimate of drug-likeness (QED) is 0.258. The van der Waals surface area contributed by atoms with Crippen molar-refractivity contribution in [3.8, 4) is 5.75 Å². The van der Waals surface area contributed by atoms with Gasteiger partial charge in [-0.2, -0.15) is 0 Å². The second-order valence-electron chi connectivity index (χ2n) is 6.85. The summed E-state index contributed by atoms with van der Waals surface area (Å²) in [6.07, 6.45) is 6.81. The molecule has 7 heteroatoms. The van der Waals surface area contributed by atoms with Gasteiger partial charge >= 0.3 is 5.97 Å². The van der Waals surface area contributed by atoms with Crippen LogP contribution in [0.1, 0.15) is 38.2 Å². The summed E-state index contributed by atoms with van der Waals surface area (Å²) in [6.45, 7) is 6.29. The Balaban J connectivity index is 2.25. The lowest BCUT2D eigenvalue weighted by Crippen LogP contribution is -2.34. The van der Waals surface area contributed by atoms with E-state index in [4.69, 9.17) is 19.7 Å². The molecule has 1 aromatic rings. The van der Waals surface area contributed by atoms with Crippen LogP contribution in [-0.4, -0.2) is 66.5 Å². The third-order valence-corrected chi connectivity index (χ3v) is 4.24. The molecule has 7 nitrogen and oxygen atoms in total. The number of hydrogen-bond donors (Lipinski definition) is 2. The van der Waals surface area contributed by atoms with Gasteiger partial charge in [-0.15, -0.1) is 0 Å². The van der Waals surface area contributed by atoms with Crippen LogP contribution in [0.15, 0.2) is 42.5 Å². The van der Waals surface area contributed by atoms with Gasteiger partial charge in [0.25, 0.3) is 0 Å². The molecule has 0 heterocycles. The van der Waals surface area contributed by atoms with Crippen LogP contribution in [0.2, 0.25) is 0 Å². The summed E-state index contributed by atoms with van der Waals surface area (Å²) in [5.41, 5.74) is 1.27. The Bertz CT molecular complexity index is 677. The Morgan fingerprint density at radius 2 is 1.60 bits per heavy atom. The Morgan fingerprint density at radius 1 is 1.00 bits per heavy atom. The molecule has 1 amide bonds. The molecule has 30 heavy (non-hydrogen) atoms. The first-order valence-electron chi connectivity index (χ1n) is 10.2. The van der Waals surface area contributed by atoms with E-state index in [-0.39, 0.29) is 38.2 Å². The maximum absolute atomic E-state index is 12.1. The molecule has 0 fully saturated rings. The molecule has 0 aliphatic carbocycles. The maximum atomic E-state index is 12.1. The third-order valence-electron chi connectivity index (χ3n) is 4.24. The summed E-state index contributed by atoms with van der Waals surface area (Å²) in [5, 5.41) is 17.9. The highest BCUT2D eigenvalue weighted by Gasteiger charge is 2.08. The zero-order valence-electron chi connectivity index (χ0n) is 17.7. The highest BCUT2D eigenvalue weighted by molar-refractivity contribution is 5.91. The number of aliphatic hydroxyl groups excluding tert-OH is 2. The molecule has 0 saturated heterocycles. The van der Waals surface area contributed by atoms with E-state index in [1.165, 1.54) is 11.0 Å². The molecule has 0 spiro atoms. The number of unbranched alkanes of at least 4 members (excludes halogenated alkanes) is 3. The van der Waals surface area contributed by atoms with E-state index in [1.54, 1.807) is 13.0 Å². The summed E-state index contributed by atoms with van der Waals surface area (Å²) >= 11 is 0. The van der Waals surface area contributed by atoms with Gasteiger partial charge < -0.3 is 24.6 Å². The van der Waals surface area contributed by atoms with Crippen molar-refractivity contribution in [1.82, 2.24) is 4.90 Å². The van der Waals surface area contributed by atoms with Crippen molar-refractivity contribution in [2.75, 3.05) is 39.5 Å². The number of hydrogen-bond acceptors (Lipinski definition) is 6. The second kappa shape index (κ2) is 15.2. The van der Waals surface area contributed by atoms with Gasteiger partial charge in [-0.1, -0.05) is 18.7 Å². The van der Waals surface area contributed by atoms with Crippen LogP contribution >= 0.6 is 0 Å². The second-order valence-corrected chi connectivity index (χ2v) is 6.85. The van der Waals surface area contributed by atoms with E-state index in [9.17, 15) is 9.59 Å². The van der Waals surface area contributed by atoms with Crippen LogP contribution < -0.4 is 4.74 Å². The average Bonchev–Trinajstić information content (AvgIpc) is 2.74. The highest BCUT2D eigenvalue weighted by Crippen LogP contribution is 2.14. The zero-order valence-corrected chi connectivity index (χ0v) is 17.7. The summed E-state index contributed by atoms with van der Waals surface area (Å²) in [4.78, 5) is 24.7. The Labute approximate surface area is 178 Å². The van der Waals surface area contributed by atoms with Crippen molar-refractivity contribution in [3.05, 3.63) is 48.1 Å². The lowest BCUT2D eigenvalue weighted by atomic mass is 10.2. The van der Waals surface area contributed by atoms with Crippen molar-refractivity contribution in [2.45, 2.75) is 32.6 Å². The lowest BCUT2D eigenvalue weighted by Gasteiger charge is -2.18. The summed E-state index contributed by atoms with van der Waals surface area (Å²) in [5.74, 6) is 0.164. The van der Waals surface area contributed by atoms with Crippen LogP contribution in [0, 0.1) is 0 Å². The molecule has 0 unspecified atom stereocenters. The Morgan fingerprint density at radius 3 is 2.17 bits per heavy atom. The van der Waals surface area contributed by atoms with E-state index in [0.29, 0.717) is 18.8 Å². The maximum Gasteiger partial charge on any atom is 0.333 e. The summed E-state index contributed by atoms with van der Waals surface area (Å²) in [7, 11) is 0. The molecule has 0 aromatic heterocycles. The van der Waals surface area contributed by atoms with E-state index in [0.717, 1.165) is 37.0 Å². The van der Waals surface area contributed by atoms with Crippen LogP contribution in [0.4, 0.5) is 0 Å². The smallest absolute Gasteiger partial charge is 0.333 e. The highest BCUT2D eigenvalue weighted by atomic mass is 16.5. The number of amides is 1. The molecular formula is C23H33NO6. The number of nitrogens with zero attached hydrogens (tertiary/aromatic N) is 1. The first-order chi connectivity index (χ1) is 14.5. The van der Waals surface area contributed by atoms with Gasteiger partial charge in [0.05, 0.1) is 26.4 Å². The van der Waals surface area contributed by atoms with E-state index < -0.39 is 0 Å². The first-order valence-corrected chi connectivity index (χ1v) is 10.2. The average molecular weight is 420 g/mol. The lowest BCUT2D eigenvalue weighted by molar-refractivity contribution is -0.139. The largest absolute Gasteiger partial charge is 0.494 e. The van der Waals surface area contributed by atoms with Crippen LogP contribution in [-0.2, 0) is 14.3 Å². The van der Waals surface area contributed by atoms with Gasteiger partial charge in [0.15, 0.2) is 0 Å². The van der Waals surface area contributed by atoms with Crippen LogP contribution in [0.25, 0.3) is 6.08 Å². The van der Waals surface area contributed by atoms with Gasteiger partial charge in [0, 0.05) is 24.7 Å². The number of esters is 1. The summed E-state index contributed by atoms with van der Waals surface area (Å²) < 4.78 is 10.8. The summed E-state index contributed by atoms with van der Waals surface area (Å²) in [6, 6.07) is 7.41. The molecule has 1 aromatic carbocycles. The molecule has 0 bridgehead atoms. The van der Waals surface area contributed by atoms with Gasteiger partial charge in [-0.25, -0.2) is 4.79 Å². The molecule has 0 atom stereocenters. The Kier molecular flexibility index (Phi) is 12.9. The fraction of sp³-hybridized carbons (Fsp3) is 0.478. The van der Waals surface area contributed by atoms with Crippen molar-refractivity contribution in [1.29, 1.82) is 0 Å². The fourth-order valence-corrected chi connectivity index (χ4v) is 2.56. The number of carbonyl (C=O) groups excluding carboxylic acids is 2. The number of aliphatic hydroxyl groups is 2. The van der Waals surface area contributed by atoms with Crippen molar-refractivity contribution in [3.63, 3.8) is 0 Å². The van der Waals surface area contributed by atoms with Crippen molar-refractivity contribution in [2.24, 2.45) is 0 Å². The normalized spacial score (nSPS) is 10.8. The predicted molar refractivity (Wildman–Crippen MR) is 116 cm³/mol. The van der Waals surface area contributed by atoms with Gasteiger partial charge in [0.2, 0.25) is 5.91 Å². The molecule has 2 N–H and O–H groups in total. The van der Waals surface area contributed by atoms with Crippen LogP contribution in [0.5, 0.6) is 5.75 Å².